The molecule has 20 heavy (non-hydrogen) atoms. The molecule has 3 nitrogen and oxygen atoms in total. The number of carbonyl (C=O) groups excluding carboxylic acids is 1. The number of rotatable bonds is 2. The van der Waals surface area contributed by atoms with Crippen molar-refractivity contribution in [3.63, 3.8) is 0 Å². The molecule has 3 atom stereocenters. The molecule has 0 bridgehead atoms. The van der Waals surface area contributed by atoms with Crippen molar-refractivity contribution in [2.45, 2.75) is 31.7 Å². The Morgan fingerprint density at radius 3 is 2.75 bits per heavy atom. The zero-order valence-electron chi connectivity index (χ0n) is 12.2. The van der Waals surface area contributed by atoms with Gasteiger partial charge >= 0.3 is 0 Å². The third kappa shape index (κ3) is 3.04. The Kier molecular flexibility index (Phi) is 4.06. The Balaban J connectivity index is 1.56. The summed E-state index contributed by atoms with van der Waals surface area (Å²) in [5, 5.41) is 3.23. The maximum Gasteiger partial charge on any atom is 0.251 e. The molecule has 1 aliphatic carbocycles. The lowest BCUT2D eigenvalue weighted by Gasteiger charge is -2.42. The number of carbonyl (C=O) groups is 1. The van der Waals surface area contributed by atoms with Crippen LogP contribution < -0.4 is 5.32 Å². The minimum atomic E-state index is 0.0852. The third-order valence-corrected chi connectivity index (χ3v) is 4.94. The Morgan fingerprint density at radius 2 is 1.95 bits per heavy atom. The minimum absolute atomic E-state index is 0.0852. The monoisotopic (exact) mass is 272 g/mol. The summed E-state index contributed by atoms with van der Waals surface area (Å²) in [6.07, 6.45) is 4.85. The highest BCUT2D eigenvalue weighted by Gasteiger charge is 2.34. The van der Waals surface area contributed by atoms with Crippen LogP contribution in [0.2, 0.25) is 0 Å². The van der Waals surface area contributed by atoms with Crippen LogP contribution in [0.4, 0.5) is 0 Å². The summed E-state index contributed by atoms with van der Waals surface area (Å²) < 4.78 is 0. The van der Waals surface area contributed by atoms with Gasteiger partial charge in [0.05, 0.1) is 0 Å². The van der Waals surface area contributed by atoms with Crippen LogP contribution in [0, 0.1) is 11.8 Å². The topological polar surface area (TPSA) is 32.3 Å². The molecule has 1 N–H and O–H groups in total. The van der Waals surface area contributed by atoms with Crippen LogP contribution in [-0.2, 0) is 0 Å². The second-order valence-corrected chi connectivity index (χ2v) is 6.42. The van der Waals surface area contributed by atoms with Crippen LogP contribution in [0.25, 0.3) is 0 Å². The molecule has 0 aromatic heterocycles. The largest absolute Gasteiger partial charge is 0.349 e. The first-order valence-corrected chi connectivity index (χ1v) is 7.77. The van der Waals surface area contributed by atoms with Crippen molar-refractivity contribution in [1.29, 1.82) is 0 Å². The standard InChI is InChI=1S/C17H24N2O/c1-19-10-9-14-11-16(8-7-15(14)12-19)18-17(20)13-5-3-2-4-6-13/h2-6,14-16H,7-12H2,1H3,(H,18,20)/t14-,15-,16-/m0/s1. The van der Waals surface area contributed by atoms with Gasteiger partial charge in [0.1, 0.15) is 0 Å². The maximum atomic E-state index is 12.2. The van der Waals surface area contributed by atoms with Crippen LogP contribution in [0.1, 0.15) is 36.0 Å². The van der Waals surface area contributed by atoms with E-state index < -0.39 is 0 Å². The number of piperidine rings is 1. The fraction of sp³-hybridized carbons (Fsp3) is 0.588. The maximum absolute atomic E-state index is 12.2. The summed E-state index contributed by atoms with van der Waals surface area (Å²) in [7, 11) is 2.22. The lowest BCUT2D eigenvalue weighted by Crippen LogP contribution is -2.46. The lowest BCUT2D eigenvalue weighted by molar-refractivity contribution is 0.0771. The van der Waals surface area contributed by atoms with Crippen molar-refractivity contribution in [1.82, 2.24) is 10.2 Å². The van der Waals surface area contributed by atoms with Gasteiger partial charge in [-0.1, -0.05) is 18.2 Å². The Labute approximate surface area is 121 Å². The van der Waals surface area contributed by atoms with Crippen LogP contribution in [0.5, 0.6) is 0 Å². The van der Waals surface area contributed by atoms with Gasteiger partial charge in [0.25, 0.3) is 5.91 Å². The second kappa shape index (κ2) is 5.96. The van der Waals surface area contributed by atoms with Gasteiger partial charge in [0.2, 0.25) is 0 Å². The first-order valence-electron chi connectivity index (χ1n) is 7.77. The normalized spacial score (nSPS) is 30.6. The van der Waals surface area contributed by atoms with Crippen molar-refractivity contribution < 1.29 is 4.79 Å². The quantitative estimate of drug-likeness (QED) is 0.897. The van der Waals surface area contributed by atoms with E-state index in [2.05, 4.69) is 17.3 Å². The lowest BCUT2D eigenvalue weighted by atomic mass is 9.73. The van der Waals surface area contributed by atoms with Gasteiger partial charge in [-0.25, -0.2) is 0 Å². The van der Waals surface area contributed by atoms with E-state index >= 15 is 0 Å². The van der Waals surface area contributed by atoms with Gasteiger partial charge < -0.3 is 10.2 Å². The molecule has 1 aliphatic heterocycles. The molecule has 3 heteroatoms. The molecule has 2 aliphatic rings. The summed E-state index contributed by atoms with van der Waals surface area (Å²) in [4.78, 5) is 14.7. The fourth-order valence-corrected chi connectivity index (χ4v) is 3.79. The molecule has 1 saturated carbocycles. The van der Waals surface area contributed by atoms with E-state index in [1.54, 1.807) is 0 Å². The number of likely N-dealkylation sites (tertiary alicyclic amines) is 1. The highest BCUT2D eigenvalue weighted by Crippen LogP contribution is 2.35. The number of hydrogen-bond acceptors (Lipinski definition) is 2. The zero-order chi connectivity index (χ0) is 13.9. The van der Waals surface area contributed by atoms with Crippen LogP contribution in [0.15, 0.2) is 30.3 Å². The number of hydrogen-bond donors (Lipinski definition) is 1. The summed E-state index contributed by atoms with van der Waals surface area (Å²) >= 11 is 0. The number of benzene rings is 1. The molecule has 0 spiro atoms. The highest BCUT2D eigenvalue weighted by atomic mass is 16.1. The average Bonchev–Trinajstić information content (AvgIpc) is 2.48. The van der Waals surface area contributed by atoms with Gasteiger partial charge in [-0.05, 0) is 63.2 Å². The highest BCUT2D eigenvalue weighted by molar-refractivity contribution is 5.94. The molecule has 1 aromatic carbocycles. The SMILES string of the molecule is CN1CC[C@H]2C[C@@H](NC(=O)c3ccccc3)CC[C@H]2C1. The summed E-state index contributed by atoms with van der Waals surface area (Å²) in [5.41, 5.74) is 0.776. The van der Waals surface area contributed by atoms with Gasteiger partial charge in [-0.15, -0.1) is 0 Å². The van der Waals surface area contributed by atoms with Crippen molar-refractivity contribution in [3.05, 3.63) is 35.9 Å². The van der Waals surface area contributed by atoms with Crippen LogP contribution in [0.3, 0.4) is 0 Å². The van der Waals surface area contributed by atoms with Crippen LogP contribution >= 0.6 is 0 Å². The number of amides is 1. The summed E-state index contributed by atoms with van der Waals surface area (Å²) in [5.74, 6) is 1.74. The first-order chi connectivity index (χ1) is 9.72. The molecule has 1 heterocycles. The van der Waals surface area contributed by atoms with Crippen molar-refractivity contribution in [3.8, 4) is 0 Å². The van der Waals surface area contributed by atoms with E-state index in [1.807, 2.05) is 30.3 Å². The van der Waals surface area contributed by atoms with E-state index in [-0.39, 0.29) is 5.91 Å². The van der Waals surface area contributed by atoms with E-state index in [9.17, 15) is 4.79 Å². The molecule has 2 fully saturated rings. The Bertz CT molecular complexity index is 459. The summed E-state index contributed by atoms with van der Waals surface area (Å²) in [6, 6.07) is 9.92. The molecule has 0 unspecified atom stereocenters. The fourth-order valence-electron chi connectivity index (χ4n) is 3.79. The third-order valence-electron chi connectivity index (χ3n) is 4.94. The van der Waals surface area contributed by atoms with E-state index in [0.717, 1.165) is 30.2 Å². The van der Waals surface area contributed by atoms with Crippen molar-refractivity contribution in [2.24, 2.45) is 11.8 Å². The molecular weight excluding hydrogens is 248 g/mol. The molecule has 108 valence electrons. The summed E-state index contributed by atoms with van der Waals surface area (Å²) in [6.45, 7) is 2.45. The molecule has 1 amide bonds. The zero-order valence-corrected chi connectivity index (χ0v) is 12.2. The molecule has 1 saturated heterocycles. The average molecular weight is 272 g/mol. The molecular formula is C17H24N2O. The molecule has 3 rings (SSSR count). The first kappa shape index (κ1) is 13.6. The molecule has 0 radical (unpaired) electrons. The van der Waals surface area contributed by atoms with Crippen LogP contribution in [-0.4, -0.2) is 37.0 Å². The molecule has 1 aromatic rings. The van der Waals surface area contributed by atoms with E-state index in [0.29, 0.717) is 6.04 Å². The minimum Gasteiger partial charge on any atom is -0.349 e. The van der Waals surface area contributed by atoms with Crippen molar-refractivity contribution in [2.75, 3.05) is 20.1 Å². The van der Waals surface area contributed by atoms with E-state index in [4.69, 9.17) is 0 Å². The smallest absolute Gasteiger partial charge is 0.251 e. The van der Waals surface area contributed by atoms with Gasteiger partial charge in [0, 0.05) is 18.2 Å². The van der Waals surface area contributed by atoms with Gasteiger partial charge in [-0.3, -0.25) is 4.79 Å². The predicted octanol–water partition coefficient (Wildman–Crippen LogP) is 2.54. The Morgan fingerprint density at radius 1 is 1.15 bits per heavy atom. The number of nitrogens with zero attached hydrogens (tertiary/aromatic N) is 1. The Hall–Kier alpha value is -1.35. The predicted molar refractivity (Wildman–Crippen MR) is 80.6 cm³/mol. The van der Waals surface area contributed by atoms with Gasteiger partial charge in [0.15, 0.2) is 0 Å². The van der Waals surface area contributed by atoms with Gasteiger partial charge in [-0.2, -0.15) is 0 Å². The second-order valence-electron chi connectivity index (χ2n) is 6.42. The van der Waals surface area contributed by atoms with Crippen molar-refractivity contribution >= 4 is 5.91 Å². The number of nitrogens with one attached hydrogen (secondary N) is 1. The van der Waals surface area contributed by atoms with E-state index in [1.165, 1.54) is 25.9 Å². The number of fused-ring (bicyclic) bond motifs is 1.